The molecule has 0 saturated carbocycles. The Kier molecular flexibility index (Phi) is 7.77. The van der Waals surface area contributed by atoms with Gasteiger partial charge in [0.2, 0.25) is 5.91 Å². The van der Waals surface area contributed by atoms with Crippen molar-refractivity contribution in [3.8, 4) is 5.75 Å². The zero-order valence-corrected chi connectivity index (χ0v) is 18.1. The van der Waals surface area contributed by atoms with Crippen LogP contribution in [0.15, 0.2) is 53.0 Å². The van der Waals surface area contributed by atoms with Crippen molar-refractivity contribution in [2.75, 3.05) is 26.4 Å². The van der Waals surface area contributed by atoms with Crippen molar-refractivity contribution in [3.63, 3.8) is 0 Å². The van der Waals surface area contributed by atoms with Gasteiger partial charge in [-0.2, -0.15) is 0 Å². The topological polar surface area (TPSA) is 47.6 Å². The number of amides is 1. The summed E-state index contributed by atoms with van der Waals surface area (Å²) in [6.07, 6.45) is 2.89. The molecule has 1 N–H and O–H groups in total. The van der Waals surface area contributed by atoms with E-state index in [4.69, 9.17) is 21.1 Å². The molecule has 2 aromatic carbocycles. The maximum atomic E-state index is 12.4. The molecular formula is C22H25BrClNO3. The Bertz CT molecular complexity index is 776. The minimum Gasteiger partial charge on any atom is -0.492 e. The Balaban J connectivity index is 1.48. The fraction of sp³-hybridized carbons (Fsp3) is 0.409. The highest BCUT2D eigenvalue weighted by Gasteiger charge is 2.34. The first-order valence-corrected chi connectivity index (χ1v) is 10.7. The van der Waals surface area contributed by atoms with E-state index in [9.17, 15) is 4.79 Å². The number of carbonyl (C=O) groups excluding carboxylic acids is 1. The molecule has 28 heavy (non-hydrogen) atoms. The van der Waals surface area contributed by atoms with Crippen LogP contribution in [0.3, 0.4) is 0 Å². The molecule has 3 rings (SSSR count). The lowest BCUT2D eigenvalue weighted by Gasteiger charge is -2.38. The lowest BCUT2D eigenvalue weighted by molar-refractivity contribution is -0.121. The van der Waals surface area contributed by atoms with Crippen LogP contribution in [0.4, 0.5) is 0 Å². The minimum atomic E-state index is -0.0934. The van der Waals surface area contributed by atoms with Crippen LogP contribution in [0, 0.1) is 0 Å². The molecule has 0 spiro atoms. The number of para-hydroxylation sites is 1. The van der Waals surface area contributed by atoms with E-state index < -0.39 is 0 Å². The Labute approximate surface area is 179 Å². The number of hydrogen-bond donors (Lipinski definition) is 1. The van der Waals surface area contributed by atoms with Crippen molar-refractivity contribution in [3.05, 3.63) is 63.6 Å². The van der Waals surface area contributed by atoms with E-state index in [-0.39, 0.29) is 11.3 Å². The Hall–Kier alpha value is -1.56. The predicted octanol–water partition coefficient (Wildman–Crippen LogP) is 5.13. The summed E-state index contributed by atoms with van der Waals surface area (Å²) >= 11 is 9.50. The Morgan fingerprint density at radius 1 is 1.14 bits per heavy atom. The van der Waals surface area contributed by atoms with Gasteiger partial charge in [-0.3, -0.25) is 4.79 Å². The lowest BCUT2D eigenvalue weighted by atomic mass is 9.74. The SMILES string of the molecule is O=C(CCCOc1ccccc1Br)NCC1(c2ccc(Cl)cc2)CCOCC1. The molecule has 2 aromatic rings. The number of rotatable bonds is 8. The third-order valence-corrected chi connectivity index (χ3v) is 6.08. The van der Waals surface area contributed by atoms with Crippen molar-refractivity contribution in [1.29, 1.82) is 0 Å². The zero-order valence-electron chi connectivity index (χ0n) is 15.8. The van der Waals surface area contributed by atoms with Crippen LogP contribution < -0.4 is 10.1 Å². The largest absolute Gasteiger partial charge is 0.492 e. The summed E-state index contributed by atoms with van der Waals surface area (Å²) in [6, 6.07) is 15.7. The summed E-state index contributed by atoms with van der Waals surface area (Å²) in [7, 11) is 0. The van der Waals surface area contributed by atoms with Gasteiger partial charge >= 0.3 is 0 Å². The van der Waals surface area contributed by atoms with Crippen molar-refractivity contribution in [2.24, 2.45) is 0 Å². The fourth-order valence-corrected chi connectivity index (χ4v) is 3.99. The maximum Gasteiger partial charge on any atom is 0.220 e. The molecule has 1 aliphatic rings. The molecule has 0 bridgehead atoms. The molecule has 1 aliphatic heterocycles. The molecule has 0 radical (unpaired) electrons. The highest BCUT2D eigenvalue weighted by atomic mass is 79.9. The molecule has 6 heteroatoms. The van der Waals surface area contributed by atoms with Crippen molar-refractivity contribution < 1.29 is 14.3 Å². The highest BCUT2D eigenvalue weighted by Crippen LogP contribution is 2.35. The van der Waals surface area contributed by atoms with Gasteiger partial charge in [0.05, 0.1) is 11.1 Å². The monoisotopic (exact) mass is 465 g/mol. The number of nitrogens with one attached hydrogen (secondary N) is 1. The van der Waals surface area contributed by atoms with Gasteiger partial charge in [-0.25, -0.2) is 0 Å². The molecule has 0 atom stereocenters. The number of benzene rings is 2. The van der Waals surface area contributed by atoms with Gasteiger partial charge in [-0.1, -0.05) is 35.9 Å². The standard InChI is InChI=1S/C22H25BrClNO3/c23-19-4-1-2-5-20(19)28-13-3-6-21(26)25-16-22(11-14-27-15-12-22)17-7-9-18(24)10-8-17/h1-2,4-5,7-10H,3,6,11-16H2,(H,25,26). The normalized spacial score (nSPS) is 15.8. The van der Waals surface area contributed by atoms with E-state index in [0.717, 1.165) is 28.1 Å². The number of hydrogen-bond acceptors (Lipinski definition) is 3. The van der Waals surface area contributed by atoms with E-state index in [2.05, 4.69) is 33.4 Å². The maximum absolute atomic E-state index is 12.4. The van der Waals surface area contributed by atoms with Crippen LogP contribution in [0.1, 0.15) is 31.2 Å². The number of carbonyl (C=O) groups is 1. The second-order valence-electron chi connectivity index (χ2n) is 7.06. The summed E-state index contributed by atoms with van der Waals surface area (Å²) in [6.45, 7) is 2.53. The third kappa shape index (κ3) is 5.72. The molecular weight excluding hydrogens is 442 g/mol. The molecule has 1 amide bonds. The summed E-state index contributed by atoms with van der Waals surface area (Å²) in [5.41, 5.74) is 1.11. The second kappa shape index (κ2) is 10.3. The smallest absolute Gasteiger partial charge is 0.220 e. The van der Waals surface area contributed by atoms with Gasteiger partial charge in [0, 0.05) is 36.6 Å². The Morgan fingerprint density at radius 2 is 1.86 bits per heavy atom. The van der Waals surface area contributed by atoms with Gasteiger partial charge in [-0.15, -0.1) is 0 Å². The summed E-state index contributed by atoms with van der Waals surface area (Å²) in [5, 5.41) is 3.85. The molecule has 150 valence electrons. The summed E-state index contributed by atoms with van der Waals surface area (Å²) in [5.74, 6) is 0.849. The number of halogens is 2. The van der Waals surface area contributed by atoms with E-state index in [0.29, 0.717) is 39.2 Å². The quantitative estimate of drug-likeness (QED) is 0.549. The van der Waals surface area contributed by atoms with Crippen molar-refractivity contribution in [1.82, 2.24) is 5.32 Å². The van der Waals surface area contributed by atoms with Crippen LogP contribution in [-0.2, 0) is 14.9 Å². The first kappa shape index (κ1) is 21.2. The average Bonchev–Trinajstić information content (AvgIpc) is 2.72. The van der Waals surface area contributed by atoms with Crippen molar-refractivity contribution in [2.45, 2.75) is 31.1 Å². The van der Waals surface area contributed by atoms with E-state index >= 15 is 0 Å². The van der Waals surface area contributed by atoms with E-state index in [1.54, 1.807) is 0 Å². The van der Waals surface area contributed by atoms with Crippen LogP contribution in [0.2, 0.25) is 5.02 Å². The van der Waals surface area contributed by atoms with Gasteiger partial charge < -0.3 is 14.8 Å². The molecule has 1 heterocycles. The summed E-state index contributed by atoms with van der Waals surface area (Å²) < 4.78 is 12.2. The first-order valence-electron chi connectivity index (χ1n) is 9.57. The van der Waals surface area contributed by atoms with Crippen molar-refractivity contribution >= 4 is 33.4 Å². The molecule has 0 unspecified atom stereocenters. The van der Waals surface area contributed by atoms with Crippen LogP contribution in [-0.4, -0.2) is 32.3 Å². The van der Waals surface area contributed by atoms with Gasteiger partial charge in [0.1, 0.15) is 5.75 Å². The van der Waals surface area contributed by atoms with Crippen LogP contribution >= 0.6 is 27.5 Å². The lowest BCUT2D eigenvalue weighted by Crippen LogP contribution is -2.44. The number of ether oxygens (including phenoxy) is 2. The van der Waals surface area contributed by atoms with Gasteiger partial charge in [0.25, 0.3) is 0 Å². The summed E-state index contributed by atoms with van der Waals surface area (Å²) in [4.78, 5) is 12.4. The molecule has 4 nitrogen and oxygen atoms in total. The molecule has 0 aliphatic carbocycles. The van der Waals surface area contributed by atoms with Crippen LogP contribution in [0.5, 0.6) is 5.75 Å². The molecule has 0 aromatic heterocycles. The third-order valence-electron chi connectivity index (χ3n) is 5.17. The zero-order chi connectivity index (χ0) is 19.8. The molecule has 1 fully saturated rings. The second-order valence-corrected chi connectivity index (χ2v) is 8.35. The minimum absolute atomic E-state index is 0.0514. The van der Waals surface area contributed by atoms with Gasteiger partial charge in [0.15, 0.2) is 0 Å². The van der Waals surface area contributed by atoms with Gasteiger partial charge in [-0.05, 0) is 65.0 Å². The molecule has 1 saturated heterocycles. The highest BCUT2D eigenvalue weighted by molar-refractivity contribution is 9.10. The van der Waals surface area contributed by atoms with Crippen LogP contribution in [0.25, 0.3) is 0 Å². The predicted molar refractivity (Wildman–Crippen MR) is 115 cm³/mol. The first-order chi connectivity index (χ1) is 13.6. The fourth-order valence-electron chi connectivity index (χ4n) is 3.47. The average molecular weight is 467 g/mol. The van der Waals surface area contributed by atoms with E-state index in [1.807, 2.05) is 36.4 Å². The van der Waals surface area contributed by atoms with E-state index in [1.165, 1.54) is 5.56 Å². The Morgan fingerprint density at radius 3 is 2.57 bits per heavy atom.